The van der Waals surface area contributed by atoms with Crippen molar-refractivity contribution in [3.63, 3.8) is 0 Å². The molecule has 0 aliphatic heterocycles. The largest absolute Gasteiger partial charge is 0.324 e. The number of nitrogens with one attached hydrogen (secondary N) is 1. The van der Waals surface area contributed by atoms with E-state index in [-0.39, 0.29) is 12.5 Å². The standard InChI is InChI=1S/C14H16BrN3O/c1-9-4-6-12(7-5-9)16-13(19)8-18-11(3)14(15)10(2)17-18/h4-7H,8H2,1-3H3,(H,16,19). The Labute approximate surface area is 120 Å². The van der Waals surface area contributed by atoms with E-state index >= 15 is 0 Å². The molecule has 0 atom stereocenters. The average molecular weight is 322 g/mol. The SMILES string of the molecule is Cc1ccc(NC(=O)Cn2nc(C)c(Br)c2C)cc1. The number of aryl methyl sites for hydroxylation is 2. The van der Waals surface area contributed by atoms with Gasteiger partial charge in [-0.15, -0.1) is 0 Å². The highest BCUT2D eigenvalue weighted by Crippen LogP contribution is 2.19. The van der Waals surface area contributed by atoms with Gasteiger partial charge in [-0.25, -0.2) is 0 Å². The molecule has 5 heteroatoms. The Hall–Kier alpha value is -1.62. The van der Waals surface area contributed by atoms with E-state index in [1.54, 1.807) is 4.68 Å². The number of anilines is 1. The van der Waals surface area contributed by atoms with Crippen LogP contribution in [0.4, 0.5) is 5.69 Å². The molecule has 0 aliphatic carbocycles. The molecular formula is C14H16BrN3O. The number of carbonyl (C=O) groups excluding carboxylic acids is 1. The molecule has 0 radical (unpaired) electrons. The van der Waals surface area contributed by atoms with Crippen LogP contribution < -0.4 is 5.32 Å². The van der Waals surface area contributed by atoms with E-state index in [2.05, 4.69) is 26.3 Å². The van der Waals surface area contributed by atoms with E-state index in [1.165, 1.54) is 5.56 Å². The van der Waals surface area contributed by atoms with Crippen molar-refractivity contribution in [2.24, 2.45) is 0 Å². The van der Waals surface area contributed by atoms with Gasteiger partial charge in [-0.2, -0.15) is 5.10 Å². The van der Waals surface area contributed by atoms with Crippen molar-refractivity contribution in [1.82, 2.24) is 9.78 Å². The lowest BCUT2D eigenvalue weighted by molar-refractivity contribution is -0.116. The maximum atomic E-state index is 12.0. The van der Waals surface area contributed by atoms with Crippen LogP contribution in [0.25, 0.3) is 0 Å². The zero-order valence-corrected chi connectivity index (χ0v) is 12.8. The van der Waals surface area contributed by atoms with Crippen LogP contribution in [0.1, 0.15) is 17.0 Å². The second kappa shape index (κ2) is 5.57. The Kier molecular flexibility index (Phi) is 4.04. The van der Waals surface area contributed by atoms with Crippen molar-refractivity contribution in [3.05, 3.63) is 45.7 Å². The number of hydrogen-bond donors (Lipinski definition) is 1. The van der Waals surface area contributed by atoms with Crippen molar-refractivity contribution >= 4 is 27.5 Å². The first kappa shape index (κ1) is 13.8. The molecule has 1 amide bonds. The van der Waals surface area contributed by atoms with Crippen molar-refractivity contribution in [2.45, 2.75) is 27.3 Å². The summed E-state index contributed by atoms with van der Waals surface area (Å²) in [6.07, 6.45) is 0. The van der Waals surface area contributed by atoms with Gasteiger partial charge >= 0.3 is 0 Å². The second-order valence-electron chi connectivity index (χ2n) is 4.56. The molecule has 19 heavy (non-hydrogen) atoms. The third kappa shape index (κ3) is 3.23. The van der Waals surface area contributed by atoms with Crippen LogP contribution in [0.3, 0.4) is 0 Å². The first-order valence-electron chi connectivity index (χ1n) is 6.03. The average Bonchev–Trinajstić information content (AvgIpc) is 2.60. The van der Waals surface area contributed by atoms with Gasteiger partial charge in [-0.3, -0.25) is 9.48 Å². The highest BCUT2D eigenvalue weighted by molar-refractivity contribution is 9.10. The van der Waals surface area contributed by atoms with E-state index in [1.807, 2.05) is 45.0 Å². The van der Waals surface area contributed by atoms with Crippen LogP contribution in [0, 0.1) is 20.8 Å². The molecule has 1 N–H and O–H groups in total. The van der Waals surface area contributed by atoms with Gasteiger partial charge in [0.15, 0.2) is 0 Å². The minimum Gasteiger partial charge on any atom is -0.324 e. The third-order valence-corrected chi connectivity index (χ3v) is 4.07. The first-order valence-corrected chi connectivity index (χ1v) is 6.82. The van der Waals surface area contributed by atoms with Crippen LogP contribution in [-0.4, -0.2) is 15.7 Å². The fourth-order valence-corrected chi connectivity index (χ4v) is 2.09. The molecule has 1 heterocycles. The lowest BCUT2D eigenvalue weighted by Gasteiger charge is -2.07. The van der Waals surface area contributed by atoms with E-state index in [0.29, 0.717) is 0 Å². The molecule has 0 unspecified atom stereocenters. The number of benzene rings is 1. The molecule has 1 aromatic heterocycles. The Morgan fingerprint density at radius 3 is 2.42 bits per heavy atom. The summed E-state index contributed by atoms with van der Waals surface area (Å²) < 4.78 is 2.65. The zero-order chi connectivity index (χ0) is 14.0. The highest BCUT2D eigenvalue weighted by atomic mass is 79.9. The molecule has 2 rings (SSSR count). The van der Waals surface area contributed by atoms with Crippen LogP contribution in [-0.2, 0) is 11.3 Å². The summed E-state index contributed by atoms with van der Waals surface area (Å²) in [4.78, 5) is 12.0. The molecule has 100 valence electrons. The second-order valence-corrected chi connectivity index (χ2v) is 5.35. The van der Waals surface area contributed by atoms with E-state index in [4.69, 9.17) is 0 Å². The number of aromatic nitrogens is 2. The lowest BCUT2D eigenvalue weighted by atomic mass is 10.2. The normalized spacial score (nSPS) is 10.5. The van der Waals surface area contributed by atoms with Crippen molar-refractivity contribution in [3.8, 4) is 0 Å². The Morgan fingerprint density at radius 2 is 1.89 bits per heavy atom. The fraction of sp³-hybridized carbons (Fsp3) is 0.286. The van der Waals surface area contributed by atoms with Crippen LogP contribution in [0.5, 0.6) is 0 Å². The summed E-state index contributed by atoms with van der Waals surface area (Å²) in [5.41, 5.74) is 3.81. The molecule has 1 aromatic carbocycles. The zero-order valence-electron chi connectivity index (χ0n) is 11.2. The van der Waals surface area contributed by atoms with Crippen molar-refractivity contribution < 1.29 is 4.79 Å². The number of halogens is 1. The van der Waals surface area contributed by atoms with Crippen LogP contribution >= 0.6 is 15.9 Å². The lowest BCUT2D eigenvalue weighted by Crippen LogP contribution is -2.20. The predicted molar refractivity (Wildman–Crippen MR) is 79.2 cm³/mol. The Bertz CT molecular complexity index is 602. The third-order valence-electron chi connectivity index (χ3n) is 2.92. The number of nitrogens with zero attached hydrogens (tertiary/aromatic N) is 2. The first-order chi connectivity index (χ1) is 8.97. The molecule has 0 aliphatic rings. The van der Waals surface area contributed by atoms with E-state index < -0.39 is 0 Å². The smallest absolute Gasteiger partial charge is 0.246 e. The molecule has 0 bridgehead atoms. The quantitative estimate of drug-likeness (QED) is 0.943. The van der Waals surface area contributed by atoms with Gasteiger partial charge < -0.3 is 5.32 Å². The summed E-state index contributed by atoms with van der Waals surface area (Å²) in [5.74, 6) is -0.0815. The minimum atomic E-state index is -0.0815. The molecule has 0 spiro atoms. The van der Waals surface area contributed by atoms with Crippen LogP contribution in [0.15, 0.2) is 28.7 Å². The summed E-state index contributed by atoms with van der Waals surface area (Å²) in [5, 5.41) is 7.17. The summed E-state index contributed by atoms with van der Waals surface area (Å²) >= 11 is 3.45. The summed E-state index contributed by atoms with van der Waals surface area (Å²) in [7, 11) is 0. The highest BCUT2D eigenvalue weighted by Gasteiger charge is 2.11. The Morgan fingerprint density at radius 1 is 1.26 bits per heavy atom. The van der Waals surface area contributed by atoms with Gasteiger partial charge in [-0.05, 0) is 48.8 Å². The number of hydrogen-bond acceptors (Lipinski definition) is 2. The van der Waals surface area contributed by atoms with E-state index in [0.717, 1.165) is 21.5 Å². The molecule has 0 fully saturated rings. The van der Waals surface area contributed by atoms with Gasteiger partial charge in [0.1, 0.15) is 6.54 Å². The van der Waals surface area contributed by atoms with Crippen molar-refractivity contribution in [1.29, 1.82) is 0 Å². The summed E-state index contributed by atoms with van der Waals surface area (Å²) in [6, 6.07) is 7.72. The van der Waals surface area contributed by atoms with Crippen LogP contribution in [0.2, 0.25) is 0 Å². The number of rotatable bonds is 3. The minimum absolute atomic E-state index is 0.0815. The number of carbonyl (C=O) groups is 1. The molecule has 0 saturated carbocycles. The van der Waals surface area contributed by atoms with Gasteiger partial charge in [-0.1, -0.05) is 17.7 Å². The van der Waals surface area contributed by atoms with Gasteiger partial charge in [0, 0.05) is 5.69 Å². The number of amides is 1. The Balaban J connectivity index is 2.05. The molecule has 4 nitrogen and oxygen atoms in total. The van der Waals surface area contributed by atoms with Gasteiger partial charge in [0.25, 0.3) is 0 Å². The summed E-state index contributed by atoms with van der Waals surface area (Å²) in [6.45, 7) is 6.07. The fourth-order valence-electron chi connectivity index (χ4n) is 1.80. The molecular weight excluding hydrogens is 306 g/mol. The van der Waals surface area contributed by atoms with Crippen molar-refractivity contribution in [2.75, 3.05) is 5.32 Å². The maximum Gasteiger partial charge on any atom is 0.246 e. The molecule has 2 aromatic rings. The molecule has 0 saturated heterocycles. The topological polar surface area (TPSA) is 46.9 Å². The van der Waals surface area contributed by atoms with Gasteiger partial charge in [0.2, 0.25) is 5.91 Å². The monoisotopic (exact) mass is 321 g/mol. The predicted octanol–water partition coefficient (Wildman–Crippen LogP) is 3.21. The maximum absolute atomic E-state index is 12.0. The van der Waals surface area contributed by atoms with E-state index in [9.17, 15) is 4.79 Å². The van der Waals surface area contributed by atoms with Gasteiger partial charge in [0.05, 0.1) is 15.9 Å².